The van der Waals surface area contributed by atoms with Crippen LogP contribution in [0.3, 0.4) is 0 Å². The van der Waals surface area contributed by atoms with Crippen LogP contribution in [0.25, 0.3) is 0 Å². The molecule has 0 unspecified atom stereocenters. The van der Waals surface area contributed by atoms with E-state index in [1.807, 2.05) is 6.92 Å². The van der Waals surface area contributed by atoms with Gasteiger partial charge in [0.1, 0.15) is 10.6 Å². The van der Waals surface area contributed by atoms with Gasteiger partial charge in [0.25, 0.3) is 0 Å². The van der Waals surface area contributed by atoms with Crippen molar-refractivity contribution < 1.29 is 13.5 Å². The Labute approximate surface area is 102 Å². The monoisotopic (exact) mass is 255 g/mol. The molecule has 0 radical (unpaired) electrons. The Balaban J connectivity index is 2.28. The summed E-state index contributed by atoms with van der Waals surface area (Å²) in [6.07, 6.45) is 3.78. The molecule has 5 heteroatoms. The Morgan fingerprint density at radius 1 is 1.24 bits per heavy atom. The van der Waals surface area contributed by atoms with E-state index in [0.29, 0.717) is 0 Å². The number of phenolic OH excluding ortho intramolecular Hbond substituents is 1. The van der Waals surface area contributed by atoms with E-state index in [4.69, 9.17) is 0 Å². The van der Waals surface area contributed by atoms with Crippen molar-refractivity contribution in [1.29, 1.82) is 0 Å². The second-order valence-electron chi connectivity index (χ2n) is 4.84. The maximum absolute atomic E-state index is 12.1. The molecule has 0 amide bonds. The average Bonchev–Trinajstić information content (AvgIpc) is 2.64. The third kappa shape index (κ3) is 2.61. The van der Waals surface area contributed by atoms with Crippen LogP contribution in [0, 0.1) is 0 Å². The molecule has 0 aromatic heterocycles. The predicted octanol–water partition coefficient (Wildman–Crippen LogP) is 2.00. The number of para-hydroxylation sites is 1. The Kier molecular flexibility index (Phi) is 3.14. The summed E-state index contributed by atoms with van der Waals surface area (Å²) >= 11 is 0. The van der Waals surface area contributed by atoms with Crippen LogP contribution in [0.1, 0.15) is 32.6 Å². The van der Waals surface area contributed by atoms with Gasteiger partial charge in [0, 0.05) is 5.54 Å². The van der Waals surface area contributed by atoms with E-state index >= 15 is 0 Å². The molecule has 2 N–H and O–H groups in total. The maximum Gasteiger partial charge on any atom is 0.244 e. The molecule has 2 rings (SSSR count). The number of aromatic hydroxyl groups is 1. The molecule has 4 nitrogen and oxygen atoms in total. The minimum absolute atomic E-state index is 0.0480. The summed E-state index contributed by atoms with van der Waals surface area (Å²) < 4.78 is 27.0. The Morgan fingerprint density at radius 3 is 2.41 bits per heavy atom. The van der Waals surface area contributed by atoms with Crippen LogP contribution in [-0.2, 0) is 10.0 Å². The fourth-order valence-corrected chi connectivity index (χ4v) is 3.89. The van der Waals surface area contributed by atoms with Gasteiger partial charge in [0.15, 0.2) is 0 Å². The largest absolute Gasteiger partial charge is 0.507 e. The first-order chi connectivity index (χ1) is 7.93. The van der Waals surface area contributed by atoms with Crippen LogP contribution >= 0.6 is 0 Å². The first-order valence-corrected chi connectivity index (χ1v) is 7.23. The van der Waals surface area contributed by atoms with Gasteiger partial charge < -0.3 is 5.11 Å². The molecule has 0 spiro atoms. The molecule has 0 heterocycles. The molecule has 0 saturated heterocycles. The van der Waals surface area contributed by atoms with Gasteiger partial charge in [0.2, 0.25) is 10.0 Å². The van der Waals surface area contributed by atoms with Crippen molar-refractivity contribution in [2.75, 3.05) is 0 Å². The van der Waals surface area contributed by atoms with Crippen LogP contribution in [0.5, 0.6) is 5.75 Å². The Bertz CT molecular complexity index is 504. The highest BCUT2D eigenvalue weighted by molar-refractivity contribution is 7.89. The van der Waals surface area contributed by atoms with E-state index in [-0.39, 0.29) is 16.2 Å². The first kappa shape index (κ1) is 12.4. The first-order valence-electron chi connectivity index (χ1n) is 5.75. The van der Waals surface area contributed by atoms with Gasteiger partial charge in [0.05, 0.1) is 0 Å². The molecule has 0 aliphatic heterocycles. The Hall–Kier alpha value is -1.07. The minimum Gasteiger partial charge on any atom is -0.507 e. The number of rotatable bonds is 3. The zero-order chi connectivity index (χ0) is 12.5. The normalized spacial score (nSPS) is 19.4. The van der Waals surface area contributed by atoms with Crippen molar-refractivity contribution in [3.63, 3.8) is 0 Å². The number of phenols is 1. The molecule has 0 bridgehead atoms. The van der Waals surface area contributed by atoms with Crippen LogP contribution < -0.4 is 4.72 Å². The topological polar surface area (TPSA) is 66.4 Å². The summed E-state index contributed by atoms with van der Waals surface area (Å²) in [5, 5.41) is 9.58. The number of hydrogen-bond acceptors (Lipinski definition) is 3. The summed E-state index contributed by atoms with van der Waals surface area (Å²) in [5.41, 5.74) is -0.374. The van der Waals surface area contributed by atoms with E-state index in [9.17, 15) is 13.5 Å². The summed E-state index contributed by atoms with van der Waals surface area (Å²) in [5.74, 6) is -0.207. The standard InChI is InChI=1S/C12H17NO3S/c1-12(8-4-5-9-12)13-17(15,16)11-7-3-2-6-10(11)14/h2-3,6-7,13-14H,4-5,8-9H2,1H3. The predicted molar refractivity (Wildman–Crippen MR) is 65.3 cm³/mol. The van der Waals surface area contributed by atoms with Gasteiger partial charge >= 0.3 is 0 Å². The number of nitrogens with one attached hydrogen (secondary N) is 1. The molecule has 17 heavy (non-hydrogen) atoms. The molecule has 1 fully saturated rings. The van der Waals surface area contributed by atoms with E-state index in [1.165, 1.54) is 12.1 Å². The van der Waals surface area contributed by atoms with Crippen LogP contribution in [0.2, 0.25) is 0 Å². The number of benzene rings is 1. The molecular formula is C12H17NO3S. The van der Waals surface area contributed by atoms with Crippen molar-refractivity contribution >= 4 is 10.0 Å². The quantitative estimate of drug-likeness (QED) is 0.868. The van der Waals surface area contributed by atoms with Crippen LogP contribution in [0.4, 0.5) is 0 Å². The van der Waals surface area contributed by atoms with Gasteiger partial charge in [-0.2, -0.15) is 0 Å². The lowest BCUT2D eigenvalue weighted by Crippen LogP contribution is -2.43. The third-order valence-electron chi connectivity index (χ3n) is 3.24. The van der Waals surface area contributed by atoms with Crippen molar-refractivity contribution in [3.05, 3.63) is 24.3 Å². The van der Waals surface area contributed by atoms with Crippen LogP contribution in [-0.4, -0.2) is 19.1 Å². The Morgan fingerprint density at radius 2 is 1.82 bits per heavy atom. The molecule has 1 aromatic rings. The highest BCUT2D eigenvalue weighted by Gasteiger charge is 2.34. The van der Waals surface area contributed by atoms with Gasteiger partial charge in [-0.1, -0.05) is 25.0 Å². The van der Waals surface area contributed by atoms with E-state index in [0.717, 1.165) is 25.7 Å². The summed E-state index contributed by atoms with van der Waals surface area (Å²) in [4.78, 5) is -0.0480. The summed E-state index contributed by atoms with van der Waals surface area (Å²) in [6, 6.07) is 6.00. The lowest BCUT2D eigenvalue weighted by Gasteiger charge is -2.25. The second kappa shape index (κ2) is 4.31. The van der Waals surface area contributed by atoms with Gasteiger partial charge in [-0.15, -0.1) is 0 Å². The van der Waals surface area contributed by atoms with Crippen molar-refractivity contribution in [1.82, 2.24) is 4.72 Å². The molecule has 1 aromatic carbocycles. The number of hydrogen-bond donors (Lipinski definition) is 2. The fraction of sp³-hybridized carbons (Fsp3) is 0.500. The second-order valence-corrected chi connectivity index (χ2v) is 6.49. The summed E-state index contributed by atoms with van der Waals surface area (Å²) in [6.45, 7) is 1.91. The van der Waals surface area contributed by atoms with E-state index < -0.39 is 10.0 Å². The van der Waals surface area contributed by atoms with Crippen molar-refractivity contribution in [2.24, 2.45) is 0 Å². The zero-order valence-corrected chi connectivity index (χ0v) is 10.6. The zero-order valence-electron chi connectivity index (χ0n) is 9.81. The maximum atomic E-state index is 12.1. The molecule has 1 aliphatic carbocycles. The SMILES string of the molecule is CC1(NS(=O)(=O)c2ccccc2O)CCCC1. The minimum atomic E-state index is -3.63. The van der Waals surface area contributed by atoms with Crippen molar-refractivity contribution in [2.45, 2.75) is 43.0 Å². The highest BCUT2D eigenvalue weighted by Crippen LogP contribution is 2.31. The van der Waals surface area contributed by atoms with Crippen molar-refractivity contribution in [3.8, 4) is 5.75 Å². The van der Waals surface area contributed by atoms with E-state index in [2.05, 4.69) is 4.72 Å². The third-order valence-corrected chi connectivity index (χ3v) is 4.93. The lowest BCUT2D eigenvalue weighted by molar-refractivity contribution is 0.422. The highest BCUT2D eigenvalue weighted by atomic mass is 32.2. The van der Waals surface area contributed by atoms with Gasteiger partial charge in [-0.05, 0) is 31.9 Å². The van der Waals surface area contributed by atoms with Gasteiger partial charge in [-0.25, -0.2) is 13.1 Å². The van der Waals surface area contributed by atoms with E-state index in [1.54, 1.807) is 12.1 Å². The molecular weight excluding hydrogens is 238 g/mol. The smallest absolute Gasteiger partial charge is 0.244 e. The molecule has 1 aliphatic rings. The summed E-state index contributed by atoms with van der Waals surface area (Å²) in [7, 11) is -3.63. The molecule has 0 atom stereocenters. The number of sulfonamides is 1. The van der Waals surface area contributed by atoms with Gasteiger partial charge in [-0.3, -0.25) is 0 Å². The fourth-order valence-electron chi connectivity index (χ4n) is 2.32. The molecule has 94 valence electrons. The lowest BCUT2D eigenvalue weighted by atomic mass is 10.0. The molecule has 1 saturated carbocycles. The average molecular weight is 255 g/mol. The van der Waals surface area contributed by atoms with Crippen LogP contribution in [0.15, 0.2) is 29.2 Å².